The summed E-state index contributed by atoms with van der Waals surface area (Å²) in [6.07, 6.45) is 6.91. The first-order valence-electron chi connectivity index (χ1n) is 11.0. The summed E-state index contributed by atoms with van der Waals surface area (Å²) in [5.41, 5.74) is 3.14. The van der Waals surface area contributed by atoms with E-state index < -0.39 is 12.1 Å². The van der Waals surface area contributed by atoms with E-state index >= 15 is 0 Å². The van der Waals surface area contributed by atoms with Crippen LogP contribution in [0.25, 0.3) is 0 Å². The van der Waals surface area contributed by atoms with Gasteiger partial charge >= 0.3 is 6.09 Å². The van der Waals surface area contributed by atoms with E-state index in [1.807, 2.05) is 54.6 Å². The molecule has 2 aromatic rings. The standard InChI is InChI=1S/C25H30N2O3/c28-24(26-22-14-6-1-2-7-15-22)23-16-20-12-8-9-13-21(20)17-27(23)25(29)30-18-19-10-4-3-5-11-19/h3-5,8-13,22-23H,1-2,6-7,14-18H2,(H,26,28). The number of amides is 2. The second-order valence-corrected chi connectivity index (χ2v) is 8.35. The molecule has 30 heavy (non-hydrogen) atoms. The molecular formula is C25H30N2O3. The third kappa shape index (κ3) is 5.02. The SMILES string of the molecule is O=C(NC1CCCCCC1)C1Cc2ccccc2CN1C(=O)OCc1ccccc1. The van der Waals surface area contributed by atoms with Gasteiger partial charge < -0.3 is 10.1 Å². The third-order valence-electron chi connectivity index (χ3n) is 6.19. The van der Waals surface area contributed by atoms with E-state index in [1.165, 1.54) is 12.8 Å². The minimum Gasteiger partial charge on any atom is -0.445 e. The van der Waals surface area contributed by atoms with Crippen LogP contribution in [0, 0.1) is 0 Å². The van der Waals surface area contributed by atoms with Crippen LogP contribution in [-0.4, -0.2) is 29.0 Å². The molecule has 1 unspecified atom stereocenters. The summed E-state index contributed by atoms with van der Waals surface area (Å²) in [6, 6.07) is 17.3. The normalized spacial score (nSPS) is 19.5. The molecule has 158 valence electrons. The van der Waals surface area contributed by atoms with Crippen molar-refractivity contribution in [2.45, 2.75) is 70.2 Å². The van der Waals surface area contributed by atoms with E-state index in [9.17, 15) is 9.59 Å². The Morgan fingerprint density at radius 1 is 0.900 bits per heavy atom. The van der Waals surface area contributed by atoms with Crippen LogP contribution in [0.3, 0.4) is 0 Å². The molecule has 0 spiro atoms. The van der Waals surface area contributed by atoms with Crippen molar-refractivity contribution >= 4 is 12.0 Å². The zero-order valence-electron chi connectivity index (χ0n) is 17.4. The highest BCUT2D eigenvalue weighted by Crippen LogP contribution is 2.25. The number of hydrogen-bond donors (Lipinski definition) is 1. The monoisotopic (exact) mass is 406 g/mol. The van der Waals surface area contributed by atoms with E-state index in [0.717, 1.165) is 42.4 Å². The molecule has 1 aliphatic carbocycles. The fraction of sp³-hybridized carbons (Fsp3) is 0.440. The van der Waals surface area contributed by atoms with Gasteiger partial charge in [0, 0.05) is 12.5 Å². The largest absolute Gasteiger partial charge is 0.445 e. The van der Waals surface area contributed by atoms with Gasteiger partial charge in [-0.05, 0) is 29.5 Å². The number of rotatable bonds is 4. The third-order valence-corrected chi connectivity index (χ3v) is 6.19. The fourth-order valence-corrected chi connectivity index (χ4v) is 4.47. The lowest BCUT2D eigenvalue weighted by Gasteiger charge is -2.36. The Hall–Kier alpha value is -2.82. The number of carbonyl (C=O) groups is 2. The molecule has 1 fully saturated rings. The zero-order chi connectivity index (χ0) is 20.8. The molecule has 0 bridgehead atoms. The lowest BCUT2D eigenvalue weighted by molar-refractivity contribution is -0.127. The predicted octanol–water partition coefficient (Wildman–Crippen LogP) is 4.59. The smallest absolute Gasteiger partial charge is 0.411 e. The van der Waals surface area contributed by atoms with Gasteiger partial charge in [-0.3, -0.25) is 9.69 Å². The van der Waals surface area contributed by atoms with Crippen LogP contribution >= 0.6 is 0 Å². The van der Waals surface area contributed by atoms with E-state index in [-0.39, 0.29) is 18.6 Å². The van der Waals surface area contributed by atoms with Crippen LogP contribution in [0.2, 0.25) is 0 Å². The molecule has 1 heterocycles. The number of nitrogens with zero attached hydrogens (tertiary/aromatic N) is 1. The molecule has 0 radical (unpaired) electrons. The molecule has 5 heteroatoms. The Morgan fingerprint density at radius 2 is 1.57 bits per heavy atom. The van der Waals surface area contributed by atoms with Gasteiger partial charge in [0.1, 0.15) is 12.6 Å². The second-order valence-electron chi connectivity index (χ2n) is 8.35. The molecular weight excluding hydrogens is 376 g/mol. The minimum atomic E-state index is -0.536. The molecule has 1 aliphatic heterocycles. The summed E-state index contributed by atoms with van der Waals surface area (Å²) in [4.78, 5) is 27.8. The van der Waals surface area contributed by atoms with Crippen LogP contribution in [0.5, 0.6) is 0 Å². The van der Waals surface area contributed by atoms with Crippen LogP contribution in [-0.2, 0) is 29.1 Å². The van der Waals surface area contributed by atoms with Crippen molar-refractivity contribution in [1.82, 2.24) is 10.2 Å². The van der Waals surface area contributed by atoms with Crippen molar-refractivity contribution in [2.75, 3.05) is 0 Å². The van der Waals surface area contributed by atoms with Crippen LogP contribution < -0.4 is 5.32 Å². The fourth-order valence-electron chi connectivity index (χ4n) is 4.47. The first-order chi connectivity index (χ1) is 14.7. The Morgan fingerprint density at radius 3 is 2.30 bits per heavy atom. The van der Waals surface area contributed by atoms with Gasteiger partial charge in [-0.1, -0.05) is 80.3 Å². The highest BCUT2D eigenvalue weighted by molar-refractivity contribution is 5.86. The highest BCUT2D eigenvalue weighted by Gasteiger charge is 2.36. The minimum absolute atomic E-state index is 0.0620. The van der Waals surface area contributed by atoms with E-state index in [4.69, 9.17) is 4.74 Å². The van der Waals surface area contributed by atoms with Gasteiger partial charge in [-0.25, -0.2) is 4.79 Å². The number of hydrogen-bond acceptors (Lipinski definition) is 3. The Bertz CT molecular complexity index is 860. The Labute approximate surface area is 178 Å². The van der Waals surface area contributed by atoms with Gasteiger partial charge in [-0.2, -0.15) is 0 Å². The Kier molecular flexibility index (Phi) is 6.67. The molecule has 5 nitrogen and oxygen atoms in total. The number of benzene rings is 2. The summed E-state index contributed by atoms with van der Waals surface area (Å²) in [5, 5.41) is 3.23. The quantitative estimate of drug-likeness (QED) is 0.756. The number of carbonyl (C=O) groups excluding carboxylic acids is 2. The van der Waals surface area contributed by atoms with Gasteiger partial charge in [0.05, 0.1) is 6.54 Å². The predicted molar refractivity (Wildman–Crippen MR) is 116 cm³/mol. The summed E-state index contributed by atoms with van der Waals surface area (Å²) in [5.74, 6) is -0.0620. The molecule has 0 saturated heterocycles. The summed E-state index contributed by atoms with van der Waals surface area (Å²) < 4.78 is 5.58. The number of fused-ring (bicyclic) bond motifs is 1. The molecule has 2 aliphatic rings. The van der Waals surface area contributed by atoms with E-state index in [0.29, 0.717) is 13.0 Å². The van der Waals surface area contributed by atoms with Crippen molar-refractivity contribution in [3.63, 3.8) is 0 Å². The van der Waals surface area contributed by atoms with E-state index in [2.05, 4.69) is 5.32 Å². The average molecular weight is 407 g/mol. The summed E-state index contributed by atoms with van der Waals surface area (Å²) in [7, 11) is 0. The Balaban J connectivity index is 1.47. The number of nitrogens with one attached hydrogen (secondary N) is 1. The van der Waals surface area contributed by atoms with Crippen LogP contribution in [0.4, 0.5) is 4.79 Å². The van der Waals surface area contributed by atoms with Crippen molar-refractivity contribution < 1.29 is 14.3 Å². The number of ether oxygens (including phenoxy) is 1. The molecule has 2 aromatic carbocycles. The van der Waals surface area contributed by atoms with Crippen molar-refractivity contribution in [1.29, 1.82) is 0 Å². The van der Waals surface area contributed by atoms with Gasteiger partial charge in [0.15, 0.2) is 0 Å². The second kappa shape index (κ2) is 9.79. The van der Waals surface area contributed by atoms with Gasteiger partial charge in [-0.15, -0.1) is 0 Å². The average Bonchev–Trinajstić information content (AvgIpc) is 3.06. The molecule has 0 aromatic heterocycles. The molecule has 1 saturated carbocycles. The summed E-state index contributed by atoms with van der Waals surface area (Å²) in [6.45, 7) is 0.599. The van der Waals surface area contributed by atoms with Crippen molar-refractivity contribution in [3.05, 3.63) is 71.3 Å². The highest BCUT2D eigenvalue weighted by atomic mass is 16.6. The summed E-state index contributed by atoms with van der Waals surface area (Å²) >= 11 is 0. The first-order valence-corrected chi connectivity index (χ1v) is 11.0. The molecule has 2 amide bonds. The van der Waals surface area contributed by atoms with Gasteiger partial charge in [0.2, 0.25) is 5.91 Å². The van der Waals surface area contributed by atoms with Crippen molar-refractivity contribution in [2.24, 2.45) is 0 Å². The zero-order valence-corrected chi connectivity index (χ0v) is 17.4. The molecule has 4 rings (SSSR count). The van der Waals surface area contributed by atoms with Gasteiger partial charge in [0.25, 0.3) is 0 Å². The first kappa shape index (κ1) is 20.5. The topological polar surface area (TPSA) is 58.6 Å². The van der Waals surface area contributed by atoms with Crippen LogP contribution in [0.1, 0.15) is 55.2 Å². The maximum atomic E-state index is 13.2. The molecule has 1 atom stereocenters. The lowest BCUT2D eigenvalue weighted by Crippen LogP contribution is -2.54. The van der Waals surface area contributed by atoms with Crippen molar-refractivity contribution in [3.8, 4) is 0 Å². The lowest BCUT2D eigenvalue weighted by atomic mass is 9.93. The van der Waals surface area contributed by atoms with Crippen LogP contribution in [0.15, 0.2) is 54.6 Å². The maximum Gasteiger partial charge on any atom is 0.411 e. The molecule has 1 N–H and O–H groups in total. The maximum absolute atomic E-state index is 13.2. The van der Waals surface area contributed by atoms with E-state index in [1.54, 1.807) is 4.90 Å².